The summed E-state index contributed by atoms with van der Waals surface area (Å²) in [6, 6.07) is 0. The Morgan fingerprint density at radius 3 is 2.71 bits per heavy atom. The molecule has 0 radical (unpaired) electrons. The zero-order chi connectivity index (χ0) is 12.4. The van der Waals surface area contributed by atoms with Crippen molar-refractivity contribution in [2.45, 2.75) is 37.4 Å². The van der Waals surface area contributed by atoms with Crippen LogP contribution in [0, 0.1) is 0 Å². The highest BCUT2D eigenvalue weighted by Gasteiger charge is 2.26. The second-order valence-electron chi connectivity index (χ2n) is 4.61. The molecule has 1 amide bonds. The number of carbonyl (C=O) groups is 1. The Kier molecular flexibility index (Phi) is 4.14. The number of alkyl halides is 1. The first-order chi connectivity index (χ1) is 8.09. The Morgan fingerprint density at radius 1 is 1.47 bits per heavy atom. The Labute approximate surface area is 114 Å². The van der Waals surface area contributed by atoms with Crippen molar-refractivity contribution in [3.63, 3.8) is 0 Å². The van der Waals surface area contributed by atoms with E-state index in [1.807, 2.05) is 18.7 Å². The molecule has 2 rings (SSSR count). The molecule has 1 aliphatic heterocycles. The molecule has 4 nitrogen and oxygen atoms in total. The van der Waals surface area contributed by atoms with Gasteiger partial charge in [-0.2, -0.15) is 0 Å². The van der Waals surface area contributed by atoms with Crippen molar-refractivity contribution in [2.24, 2.45) is 0 Å². The van der Waals surface area contributed by atoms with Gasteiger partial charge in [-0.05, 0) is 30.3 Å². The number of halogens is 1. The van der Waals surface area contributed by atoms with Crippen LogP contribution in [0.4, 0.5) is 0 Å². The smallest absolute Gasteiger partial charge is 0.267 e. The van der Waals surface area contributed by atoms with Crippen LogP contribution in [0.5, 0.6) is 0 Å². The van der Waals surface area contributed by atoms with Gasteiger partial charge in [-0.25, -0.2) is 0 Å². The molecule has 0 bridgehead atoms. The van der Waals surface area contributed by atoms with Gasteiger partial charge in [-0.15, -0.1) is 5.10 Å². The quantitative estimate of drug-likeness (QED) is 0.788. The third kappa shape index (κ3) is 2.85. The molecule has 6 heteroatoms. The van der Waals surface area contributed by atoms with E-state index in [0.29, 0.717) is 9.70 Å². The molecule has 94 valence electrons. The third-order valence-electron chi connectivity index (χ3n) is 2.97. The molecule has 17 heavy (non-hydrogen) atoms. The molecule has 1 aromatic rings. The van der Waals surface area contributed by atoms with E-state index in [-0.39, 0.29) is 11.8 Å². The van der Waals surface area contributed by atoms with Crippen LogP contribution in [0.3, 0.4) is 0 Å². The van der Waals surface area contributed by atoms with Crippen molar-refractivity contribution in [1.82, 2.24) is 14.5 Å². The van der Waals surface area contributed by atoms with Gasteiger partial charge in [0.15, 0.2) is 0 Å². The van der Waals surface area contributed by atoms with Crippen LogP contribution in [-0.2, 0) is 0 Å². The second-order valence-corrected chi connectivity index (χ2v) is 6.66. The molecule has 0 aromatic carbocycles. The van der Waals surface area contributed by atoms with Gasteiger partial charge < -0.3 is 4.90 Å². The predicted octanol–water partition coefficient (Wildman–Crippen LogP) is 2.66. The number of rotatable bonds is 2. The molecule has 1 saturated heterocycles. The molecule has 0 atom stereocenters. The standard InChI is InChI=1S/C11H16BrN3OS/c1-7(2)9-10(17-14-13-9)11(16)15-5-3-8(12)4-6-15/h7-8H,3-6H2,1-2H3. The van der Waals surface area contributed by atoms with Gasteiger partial charge in [-0.3, -0.25) is 4.79 Å². The second kappa shape index (κ2) is 5.44. The maximum absolute atomic E-state index is 12.3. The summed E-state index contributed by atoms with van der Waals surface area (Å²) < 4.78 is 3.91. The maximum Gasteiger partial charge on any atom is 0.267 e. The fourth-order valence-corrected chi connectivity index (χ4v) is 3.12. The molecule has 2 heterocycles. The third-order valence-corrected chi connectivity index (χ3v) is 4.61. The molecule has 0 spiro atoms. The van der Waals surface area contributed by atoms with Crippen molar-refractivity contribution < 1.29 is 4.79 Å². The van der Waals surface area contributed by atoms with Crippen molar-refractivity contribution in [3.8, 4) is 0 Å². The largest absolute Gasteiger partial charge is 0.338 e. The Morgan fingerprint density at radius 2 is 2.12 bits per heavy atom. The Bertz CT molecular complexity index is 399. The number of hydrogen-bond donors (Lipinski definition) is 0. The van der Waals surface area contributed by atoms with Crippen LogP contribution in [0.2, 0.25) is 0 Å². The van der Waals surface area contributed by atoms with Crippen molar-refractivity contribution in [3.05, 3.63) is 10.6 Å². The summed E-state index contributed by atoms with van der Waals surface area (Å²) in [4.78, 5) is 15.5. The van der Waals surface area contributed by atoms with Crippen LogP contribution in [0.15, 0.2) is 0 Å². The molecular formula is C11H16BrN3OS. The van der Waals surface area contributed by atoms with Crippen molar-refractivity contribution in [2.75, 3.05) is 13.1 Å². The number of nitrogens with zero attached hydrogens (tertiary/aromatic N) is 3. The number of carbonyl (C=O) groups excluding carboxylic acids is 1. The summed E-state index contributed by atoms with van der Waals surface area (Å²) in [6.07, 6.45) is 2.05. The summed E-state index contributed by atoms with van der Waals surface area (Å²) >= 11 is 4.81. The van der Waals surface area contributed by atoms with E-state index in [4.69, 9.17) is 0 Å². The van der Waals surface area contributed by atoms with Gasteiger partial charge in [-0.1, -0.05) is 34.3 Å². The topological polar surface area (TPSA) is 46.1 Å². The lowest BCUT2D eigenvalue weighted by atomic mass is 10.1. The minimum Gasteiger partial charge on any atom is -0.338 e. The molecular weight excluding hydrogens is 302 g/mol. The summed E-state index contributed by atoms with van der Waals surface area (Å²) in [5.74, 6) is 0.351. The number of aromatic nitrogens is 2. The number of piperidine rings is 1. The van der Waals surface area contributed by atoms with E-state index in [1.54, 1.807) is 0 Å². The van der Waals surface area contributed by atoms with Gasteiger partial charge >= 0.3 is 0 Å². The fraction of sp³-hybridized carbons (Fsp3) is 0.727. The lowest BCUT2D eigenvalue weighted by Gasteiger charge is -2.29. The summed E-state index contributed by atoms with van der Waals surface area (Å²) in [7, 11) is 0. The van der Waals surface area contributed by atoms with Crippen LogP contribution >= 0.6 is 27.5 Å². The molecule has 0 saturated carbocycles. The van der Waals surface area contributed by atoms with E-state index in [0.717, 1.165) is 31.6 Å². The zero-order valence-electron chi connectivity index (χ0n) is 10.0. The average molecular weight is 318 g/mol. The van der Waals surface area contributed by atoms with Crippen LogP contribution < -0.4 is 0 Å². The minimum atomic E-state index is 0.100. The van der Waals surface area contributed by atoms with Gasteiger partial charge in [0, 0.05) is 17.9 Å². The first-order valence-electron chi connectivity index (χ1n) is 5.85. The van der Waals surface area contributed by atoms with Crippen molar-refractivity contribution in [1.29, 1.82) is 0 Å². The number of hydrogen-bond acceptors (Lipinski definition) is 4. The van der Waals surface area contributed by atoms with Crippen LogP contribution in [0.1, 0.15) is 48.0 Å². The highest BCUT2D eigenvalue weighted by Crippen LogP contribution is 2.24. The molecule has 1 aliphatic rings. The predicted molar refractivity (Wildman–Crippen MR) is 71.9 cm³/mol. The highest BCUT2D eigenvalue weighted by molar-refractivity contribution is 9.09. The number of amides is 1. The molecule has 1 fully saturated rings. The summed E-state index contributed by atoms with van der Waals surface area (Å²) in [6.45, 7) is 5.73. The molecule has 0 unspecified atom stereocenters. The minimum absolute atomic E-state index is 0.100. The number of likely N-dealkylation sites (tertiary alicyclic amines) is 1. The average Bonchev–Trinajstić information content (AvgIpc) is 2.78. The first kappa shape index (κ1) is 13.0. The molecule has 0 N–H and O–H groups in total. The van der Waals surface area contributed by atoms with E-state index in [2.05, 4.69) is 25.5 Å². The van der Waals surface area contributed by atoms with E-state index >= 15 is 0 Å². The SMILES string of the molecule is CC(C)c1nnsc1C(=O)N1CCC(Br)CC1. The van der Waals surface area contributed by atoms with Gasteiger partial charge in [0.25, 0.3) is 5.91 Å². The first-order valence-corrected chi connectivity index (χ1v) is 7.54. The van der Waals surface area contributed by atoms with Gasteiger partial charge in [0.05, 0.1) is 5.69 Å². The van der Waals surface area contributed by atoms with Crippen LogP contribution in [-0.4, -0.2) is 38.3 Å². The van der Waals surface area contributed by atoms with Gasteiger partial charge in [0.1, 0.15) is 4.88 Å². The lowest BCUT2D eigenvalue weighted by molar-refractivity contribution is 0.0731. The van der Waals surface area contributed by atoms with E-state index < -0.39 is 0 Å². The summed E-state index contributed by atoms with van der Waals surface area (Å²) in [5.41, 5.74) is 0.834. The van der Waals surface area contributed by atoms with E-state index in [1.165, 1.54) is 11.5 Å². The maximum atomic E-state index is 12.3. The van der Waals surface area contributed by atoms with E-state index in [9.17, 15) is 4.79 Å². The normalized spacial score (nSPS) is 17.8. The van der Waals surface area contributed by atoms with Gasteiger partial charge in [0.2, 0.25) is 0 Å². The molecule has 0 aliphatic carbocycles. The monoisotopic (exact) mass is 317 g/mol. The highest BCUT2D eigenvalue weighted by atomic mass is 79.9. The Balaban J connectivity index is 2.11. The Hall–Kier alpha value is -0.490. The zero-order valence-corrected chi connectivity index (χ0v) is 12.4. The van der Waals surface area contributed by atoms with Crippen LogP contribution in [0.25, 0.3) is 0 Å². The summed E-state index contributed by atoms with van der Waals surface area (Å²) in [5, 5.41) is 4.06. The fourth-order valence-electron chi connectivity index (χ4n) is 1.92. The van der Waals surface area contributed by atoms with Crippen molar-refractivity contribution >= 4 is 33.4 Å². The lowest BCUT2D eigenvalue weighted by Crippen LogP contribution is -2.38. The molecule has 1 aromatic heterocycles.